The van der Waals surface area contributed by atoms with Crippen molar-refractivity contribution in [3.8, 4) is 0 Å². The van der Waals surface area contributed by atoms with Crippen LogP contribution in [0.4, 0.5) is 23.5 Å². The summed E-state index contributed by atoms with van der Waals surface area (Å²) in [7, 11) is 0. The van der Waals surface area contributed by atoms with E-state index in [1.165, 1.54) is 19.3 Å². The van der Waals surface area contributed by atoms with Crippen molar-refractivity contribution in [3.05, 3.63) is 35.5 Å². The van der Waals surface area contributed by atoms with Crippen LogP contribution in [0.1, 0.15) is 25.7 Å². The second kappa shape index (κ2) is 13.0. The second-order valence-corrected chi connectivity index (χ2v) is 9.87. The lowest BCUT2D eigenvalue weighted by Gasteiger charge is -2.27. The fourth-order valence-corrected chi connectivity index (χ4v) is 4.86. The first-order chi connectivity index (χ1) is 18.2. The Kier molecular flexibility index (Phi) is 9.04. The number of rotatable bonds is 11. The summed E-state index contributed by atoms with van der Waals surface area (Å²) in [6.07, 6.45) is 6.33. The van der Waals surface area contributed by atoms with Crippen molar-refractivity contribution in [2.24, 2.45) is 0 Å². The summed E-state index contributed by atoms with van der Waals surface area (Å²) in [5, 5.41) is 12.1. The minimum Gasteiger partial charge on any atom is -0.384 e. The van der Waals surface area contributed by atoms with Gasteiger partial charge in [0.1, 0.15) is 0 Å². The lowest BCUT2D eigenvalue weighted by molar-refractivity contribution is 0.0398. The van der Waals surface area contributed by atoms with Gasteiger partial charge in [-0.3, -0.25) is 9.88 Å². The zero-order valence-corrected chi connectivity index (χ0v) is 22.0. The average molecular weight is 526 g/mol. The Labute approximate surface area is 223 Å². The highest BCUT2D eigenvalue weighted by Crippen LogP contribution is 2.24. The monoisotopic (exact) mass is 525 g/mol. The molecule has 198 valence electrons. The molecule has 10 nitrogen and oxygen atoms in total. The van der Waals surface area contributed by atoms with Crippen LogP contribution in [0.15, 0.2) is 30.5 Å². The molecule has 0 unspecified atom stereocenters. The predicted octanol–water partition coefficient (Wildman–Crippen LogP) is 3.72. The molecular weight excluding hydrogens is 490 g/mol. The van der Waals surface area contributed by atoms with E-state index in [0.717, 1.165) is 94.5 Å². The van der Waals surface area contributed by atoms with Crippen molar-refractivity contribution < 1.29 is 4.74 Å². The second-order valence-electron chi connectivity index (χ2n) is 9.44. The van der Waals surface area contributed by atoms with E-state index < -0.39 is 0 Å². The molecule has 0 aliphatic carbocycles. The molecule has 3 aromatic rings. The molecule has 0 amide bonds. The molecule has 5 rings (SSSR count). The quantitative estimate of drug-likeness (QED) is 0.321. The highest BCUT2D eigenvalue weighted by Gasteiger charge is 2.17. The Hall–Kier alpha value is -2.95. The van der Waals surface area contributed by atoms with E-state index in [4.69, 9.17) is 26.3 Å². The number of nitrogens with zero attached hydrogens (tertiary/aromatic N) is 6. The van der Waals surface area contributed by atoms with Crippen molar-refractivity contribution in [2.45, 2.75) is 25.7 Å². The van der Waals surface area contributed by atoms with Crippen molar-refractivity contribution in [1.29, 1.82) is 0 Å². The first kappa shape index (κ1) is 25.7. The number of morpholine rings is 1. The van der Waals surface area contributed by atoms with E-state index in [-0.39, 0.29) is 0 Å². The van der Waals surface area contributed by atoms with E-state index in [1.807, 2.05) is 24.3 Å². The average Bonchev–Trinajstić information content (AvgIpc) is 2.94. The predicted molar refractivity (Wildman–Crippen MR) is 150 cm³/mol. The maximum absolute atomic E-state index is 6.11. The van der Waals surface area contributed by atoms with Crippen LogP contribution >= 0.6 is 11.6 Å². The van der Waals surface area contributed by atoms with Crippen LogP contribution in [0.3, 0.4) is 0 Å². The van der Waals surface area contributed by atoms with Crippen molar-refractivity contribution in [2.75, 3.05) is 86.4 Å². The van der Waals surface area contributed by atoms with Gasteiger partial charge in [-0.2, -0.15) is 15.0 Å². The molecule has 11 heteroatoms. The summed E-state index contributed by atoms with van der Waals surface area (Å²) in [5.41, 5.74) is 1.95. The van der Waals surface area contributed by atoms with E-state index in [0.29, 0.717) is 16.9 Å². The summed E-state index contributed by atoms with van der Waals surface area (Å²) in [6.45, 7) is 8.83. The number of fused-ring (bicyclic) bond motifs is 1. The minimum absolute atomic E-state index is 0.619. The van der Waals surface area contributed by atoms with Gasteiger partial charge < -0.3 is 25.6 Å². The maximum Gasteiger partial charge on any atom is 0.231 e. The molecule has 0 bridgehead atoms. The molecule has 4 heterocycles. The van der Waals surface area contributed by atoms with Crippen molar-refractivity contribution in [3.63, 3.8) is 0 Å². The molecule has 0 spiro atoms. The number of piperidine rings is 1. The first-order valence-electron chi connectivity index (χ1n) is 13.3. The zero-order valence-electron chi connectivity index (χ0n) is 21.3. The fraction of sp³-hybridized carbons (Fsp3) is 0.538. The summed E-state index contributed by atoms with van der Waals surface area (Å²) >= 11 is 6.11. The molecule has 2 aromatic heterocycles. The zero-order chi connectivity index (χ0) is 25.3. The molecule has 37 heavy (non-hydrogen) atoms. The standard InChI is InChI=1S/C26H36ClN9O/c27-20-5-6-21-22(7-10-29-23(21)19-20)28-8-4-9-30-24-32-25(31-11-14-35-15-17-37-18-16-35)34-26(33-24)36-12-2-1-3-13-36/h5-7,10,19H,1-4,8-9,11-18H2,(H,28,29)(H2,30,31,32,33,34). The molecule has 2 aliphatic heterocycles. The van der Waals surface area contributed by atoms with Gasteiger partial charge in [-0.15, -0.1) is 0 Å². The number of pyridine rings is 1. The molecule has 2 aliphatic rings. The van der Waals surface area contributed by atoms with Crippen molar-refractivity contribution >= 4 is 46.0 Å². The van der Waals surface area contributed by atoms with Gasteiger partial charge in [0, 0.05) is 74.7 Å². The van der Waals surface area contributed by atoms with E-state index in [2.05, 4.69) is 35.7 Å². The van der Waals surface area contributed by atoms with Gasteiger partial charge in [-0.25, -0.2) is 0 Å². The number of halogens is 1. The summed E-state index contributed by atoms with van der Waals surface area (Å²) < 4.78 is 5.45. The Morgan fingerprint density at radius 1 is 0.838 bits per heavy atom. The van der Waals surface area contributed by atoms with Crippen LogP contribution < -0.4 is 20.9 Å². The molecule has 0 atom stereocenters. The number of aromatic nitrogens is 4. The molecule has 2 fully saturated rings. The topological polar surface area (TPSA) is 103 Å². The number of nitrogens with one attached hydrogen (secondary N) is 3. The highest BCUT2D eigenvalue weighted by molar-refractivity contribution is 6.31. The van der Waals surface area contributed by atoms with Gasteiger partial charge in [0.2, 0.25) is 17.8 Å². The summed E-state index contributed by atoms with van der Waals surface area (Å²) in [4.78, 5) is 23.2. The van der Waals surface area contributed by atoms with Crippen LogP contribution in [0.25, 0.3) is 10.9 Å². The maximum atomic E-state index is 6.11. The number of hydrogen-bond donors (Lipinski definition) is 3. The van der Waals surface area contributed by atoms with E-state index in [1.54, 1.807) is 6.20 Å². The Bertz CT molecular complexity index is 1150. The normalized spacial score (nSPS) is 16.6. The molecular formula is C26H36ClN9O. The highest BCUT2D eigenvalue weighted by atomic mass is 35.5. The third kappa shape index (κ3) is 7.30. The Balaban J connectivity index is 1.16. The van der Waals surface area contributed by atoms with Gasteiger partial charge in [-0.05, 0) is 49.9 Å². The summed E-state index contributed by atoms with van der Waals surface area (Å²) in [5.74, 6) is 2.01. The van der Waals surface area contributed by atoms with Gasteiger partial charge in [0.15, 0.2) is 0 Å². The third-order valence-electron chi connectivity index (χ3n) is 6.73. The number of hydrogen-bond acceptors (Lipinski definition) is 10. The molecule has 0 saturated carbocycles. The van der Waals surface area contributed by atoms with Crippen LogP contribution in [-0.2, 0) is 4.74 Å². The van der Waals surface area contributed by atoms with Crippen LogP contribution in [0, 0.1) is 0 Å². The van der Waals surface area contributed by atoms with Crippen LogP contribution in [0.5, 0.6) is 0 Å². The first-order valence-corrected chi connectivity index (χ1v) is 13.7. The molecule has 3 N–H and O–H groups in total. The van der Waals surface area contributed by atoms with Crippen LogP contribution in [-0.4, -0.2) is 90.4 Å². The fourth-order valence-electron chi connectivity index (χ4n) is 4.70. The lowest BCUT2D eigenvalue weighted by Crippen LogP contribution is -2.39. The molecule has 0 radical (unpaired) electrons. The van der Waals surface area contributed by atoms with Gasteiger partial charge in [-0.1, -0.05) is 11.6 Å². The SMILES string of the molecule is Clc1ccc2c(NCCCNc3nc(NCCN4CCOCC4)nc(N4CCCCC4)n3)ccnc2c1. The Morgan fingerprint density at radius 3 is 2.41 bits per heavy atom. The van der Waals surface area contributed by atoms with Crippen LogP contribution in [0.2, 0.25) is 5.02 Å². The van der Waals surface area contributed by atoms with Gasteiger partial charge >= 0.3 is 0 Å². The minimum atomic E-state index is 0.619. The largest absolute Gasteiger partial charge is 0.384 e. The Morgan fingerprint density at radius 2 is 1.59 bits per heavy atom. The third-order valence-corrected chi connectivity index (χ3v) is 6.97. The molecule has 1 aromatic carbocycles. The number of ether oxygens (including phenoxy) is 1. The van der Waals surface area contributed by atoms with Gasteiger partial charge in [0.25, 0.3) is 0 Å². The van der Waals surface area contributed by atoms with Crippen molar-refractivity contribution in [1.82, 2.24) is 24.8 Å². The number of anilines is 4. The molecule has 2 saturated heterocycles. The smallest absolute Gasteiger partial charge is 0.231 e. The summed E-state index contributed by atoms with van der Waals surface area (Å²) in [6, 6.07) is 7.78. The van der Waals surface area contributed by atoms with E-state index >= 15 is 0 Å². The van der Waals surface area contributed by atoms with E-state index in [9.17, 15) is 0 Å². The van der Waals surface area contributed by atoms with Gasteiger partial charge in [0.05, 0.1) is 18.7 Å². The lowest BCUT2D eigenvalue weighted by atomic mass is 10.1. The number of benzene rings is 1.